The second-order valence-electron chi connectivity index (χ2n) is 6.26. The average Bonchev–Trinajstić information content (AvgIpc) is 2.49. The molecule has 0 N–H and O–H groups in total. The molecule has 0 radical (unpaired) electrons. The number of hydrogen-bond donors (Lipinski definition) is 0. The van der Waals surface area contributed by atoms with Gasteiger partial charge in [-0.25, -0.2) is 4.39 Å². The molecule has 1 aromatic rings. The third kappa shape index (κ3) is 3.89. The fourth-order valence-electron chi connectivity index (χ4n) is 3.50. The highest BCUT2D eigenvalue weighted by atomic mass is 19.1. The lowest BCUT2D eigenvalue weighted by Gasteiger charge is -2.43. The van der Waals surface area contributed by atoms with Crippen molar-refractivity contribution >= 4 is 5.78 Å². The fraction of sp³-hybridized carbons (Fsp3) is 0.588. The van der Waals surface area contributed by atoms with Gasteiger partial charge in [-0.1, -0.05) is 18.6 Å². The minimum absolute atomic E-state index is 0.228. The average molecular weight is 290 g/mol. The summed E-state index contributed by atoms with van der Waals surface area (Å²) in [4.78, 5) is 17.0. The van der Waals surface area contributed by atoms with Gasteiger partial charge in [0, 0.05) is 32.1 Å². The van der Waals surface area contributed by atoms with Gasteiger partial charge in [-0.05, 0) is 37.1 Å². The van der Waals surface area contributed by atoms with Crippen LogP contribution in [0.15, 0.2) is 24.3 Å². The molecule has 2 aliphatic heterocycles. The van der Waals surface area contributed by atoms with E-state index in [1.54, 1.807) is 12.1 Å². The minimum atomic E-state index is -0.250. The van der Waals surface area contributed by atoms with E-state index < -0.39 is 0 Å². The number of benzene rings is 1. The molecule has 3 nitrogen and oxygen atoms in total. The van der Waals surface area contributed by atoms with Crippen LogP contribution < -0.4 is 0 Å². The van der Waals surface area contributed by atoms with Crippen molar-refractivity contribution in [1.29, 1.82) is 0 Å². The number of carbonyl (C=O) groups is 1. The molecule has 2 heterocycles. The predicted octanol–water partition coefficient (Wildman–Crippen LogP) is 2.11. The molecule has 0 bridgehead atoms. The van der Waals surface area contributed by atoms with Crippen LogP contribution >= 0.6 is 0 Å². The van der Waals surface area contributed by atoms with E-state index in [2.05, 4.69) is 9.80 Å². The normalized spacial score (nSPS) is 23.8. The zero-order chi connectivity index (χ0) is 14.7. The van der Waals surface area contributed by atoms with Crippen LogP contribution in [0.3, 0.4) is 0 Å². The summed E-state index contributed by atoms with van der Waals surface area (Å²) in [6.07, 6.45) is 4.31. The number of hydrogen-bond acceptors (Lipinski definition) is 3. The van der Waals surface area contributed by atoms with Gasteiger partial charge in [-0.15, -0.1) is 0 Å². The van der Waals surface area contributed by atoms with Crippen molar-refractivity contribution in [2.45, 2.75) is 31.7 Å². The van der Waals surface area contributed by atoms with Gasteiger partial charge in [-0.3, -0.25) is 14.6 Å². The van der Waals surface area contributed by atoms with Gasteiger partial charge in [-0.2, -0.15) is 0 Å². The maximum Gasteiger partial charge on any atom is 0.151 e. The minimum Gasteiger partial charge on any atom is -0.298 e. The van der Waals surface area contributed by atoms with Gasteiger partial charge >= 0.3 is 0 Å². The zero-order valence-corrected chi connectivity index (χ0v) is 12.4. The molecule has 0 spiro atoms. The smallest absolute Gasteiger partial charge is 0.151 e. The largest absolute Gasteiger partial charge is 0.298 e. The summed E-state index contributed by atoms with van der Waals surface area (Å²) >= 11 is 0. The van der Waals surface area contributed by atoms with E-state index in [0.29, 0.717) is 19.0 Å². The topological polar surface area (TPSA) is 23.6 Å². The number of ketones is 1. The molecule has 0 aromatic heterocycles. The SMILES string of the molecule is O=C(Cc1ccc(F)cc1)CN1CCN2CCCCC2C1. The highest BCUT2D eigenvalue weighted by Crippen LogP contribution is 2.21. The summed E-state index contributed by atoms with van der Waals surface area (Å²) in [6.45, 7) is 4.86. The van der Waals surface area contributed by atoms with Crippen LogP contribution in [0, 0.1) is 5.82 Å². The van der Waals surface area contributed by atoms with Gasteiger partial charge in [0.15, 0.2) is 5.78 Å². The third-order valence-corrected chi connectivity index (χ3v) is 4.64. The van der Waals surface area contributed by atoms with Crippen molar-refractivity contribution < 1.29 is 9.18 Å². The lowest BCUT2D eigenvalue weighted by molar-refractivity contribution is -0.120. The molecule has 4 heteroatoms. The first kappa shape index (κ1) is 14.7. The molecular formula is C17H23FN2O. The Kier molecular flexibility index (Phi) is 4.66. The molecule has 3 rings (SSSR count). The third-order valence-electron chi connectivity index (χ3n) is 4.64. The summed E-state index contributed by atoms with van der Waals surface area (Å²) in [5, 5.41) is 0. The Bertz CT molecular complexity index is 488. The van der Waals surface area contributed by atoms with Gasteiger partial charge in [0.05, 0.1) is 6.54 Å². The maximum absolute atomic E-state index is 12.9. The fourth-order valence-corrected chi connectivity index (χ4v) is 3.50. The highest BCUT2D eigenvalue weighted by Gasteiger charge is 2.29. The van der Waals surface area contributed by atoms with Gasteiger partial charge in [0.25, 0.3) is 0 Å². The first-order valence-corrected chi connectivity index (χ1v) is 7.93. The number of halogens is 1. The Morgan fingerprint density at radius 1 is 1.14 bits per heavy atom. The summed E-state index contributed by atoms with van der Waals surface area (Å²) in [6, 6.07) is 6.89. The van der Waals surface area contributed by atoms with Crippen LogP contribution in [0.5, 0.6) is 0 Å². The van der Waals surface area contributed by atoms with Crippen molar-refractivity contribution in [3.63, 3.8) is 0 Å². The summed E-state index contributed by atoms with van der Waals surface area (Å²) in [5.41, 5.74) is 0.901. The van der Waals surface area contributed by atoms with Crippen molar-refractivity contribution in [2.24, 2.45) is 0 Å². The first-order valence-electron chi connectivity index (χ1n) is 7.93. The molecular weight excluding hydrogens is 267 g/mol. The van der Waals surface area contributed by atoms with E-state index in [4.69, 9.17) is 0 Å². The molecule has 1 aromatic carbocycles. The second-order valence-corrected chi connectivity index (χ2v) is 6.26. The summed E-state index contributed by atoms with van der Waals surface area (Å²) in [7, 11) is 0. The molecule has 2 aliphatic rings. The van der Waals surface area contributed by atoms with E-state index >= 15 is 0 Å². The predicted molar refractivity (Wildman–Crippen MR) is 80.8 cm³/mol. The highest BCUT2D eigenvalue weighted by molar-refractivity contribution is 5.82. The molecule has 1 unspecified atom stereocenters. The lowest BCUT2D eigenvalue weighted by atomic mass is 9.99. The standard InChI is InChI=1S/C17H23FN2O/c18-15-6-4-14(5-7-15)11-17(21)13-19-9-10-20-8-2-1-3-16(20)12-19/h4-7,16H,1-3,8-13H2. The second kappa shape index (κ2) is 6.67. The maximum atomic E-state index is 12.9. The molecule has 114 valence electrons. The Hall–Kier alpha value is -1.26. The molecule has 0 amide bonds. The quantitative estimate of drug-likeness (QED) is 0.848. The van der Waals surface area contributed by atoms with Gasteiger partial charge in [0.2, 0.25) is 0 Å². The van der Waals surface area contributed by atoms with Crippen LogP contribution in [0.2, 0.25) is 0 Å². The Morgan fingerprint density at radius 2 is 1.95 bits per heavy atom. The monoisotopic (exact) mass is 290 g/mol. The molecule has 2 saturated heterocycles. The molecule has 0 saturated carbocycles. The number of piperazine rings is 1. The van der Waals surface area contributed by atoms with Gasteiger partial charge < -0.3 is 0 Å². The number of nitrogens with zero attached hydrogens (tertiary/aromatic N) is 2. The zero-order valence-electron chi connectivity index (χ0n) is 12.4. The lowest BCUT2D eigenvalue weighted by Crippen LogP contribution is -2.55. The van der Waals surface area contributed by atoms with Crippen molar-refractivity contribution in [3.8, 4) is 0 Å². The van der Waals surface area contributed by atoms with E-state index in [1.807, 2.05) is 0 Å². The summed E-state index contributed by atoms with van der Waals surface area (Å²) in [5.74, 6) is -0.0227. The van der Waals surface area contributed by atoms with E-state index in [0.717, 1.165) is 25.2 Å². The van der Waals surface area contributed by atoms with Crippen LogP contribution in [-0.2, 0) is 11.2 Å². The van der Waals surface area contributed by atoms with E-state index in [1.165, 1.54) is 37.9 Å². The Labute approximate surface area is 125 Å². The number of fused-ring (bicyclic) bond motifs is 1. The number of Topliss-reactive ketones (excluding diaryl/α,β-unsaturated/α-hetero) is 1. The van der Waals surface area contributed by atoms with Gasteiger partial charge in [0.1, 0.15) is 5.82 Å². The molecule has 21 heavy (non-hydrogen) atoms. The first-order chi connectivity index (χ1) is 10.2. The van der Waals surface area contributed by atoms with Crippen molar-refractivity contribution in [2.75, 3.05) is 32.7 Å². The van der Waals surface area contributed by atoms with Crippen molar-refractivity contribution in [1.82, 2.24) is 9.80 Å². The number of carbonyl (C=O) groups excluding carboxylic acids is 1. The van der Waals surface area contributed by atoms with Crippen LogP contribution in [0.4, 0.5) is 4.39 Å². The Balaban J connectivity index is 1.49. The van der Waals surface area contributed by atoms with Crippen LogP contribution in [0.25, 0.3) is 0 Å². The van der Waals surface area contributed by atoms with E-state index in [9.17, 15) is 9.18 Å². The molecule has 0 aliphatic carbocycles. The number of piperidine rings is 1. The van der Waals surface area contributed by atoms with Crippen LogP contribution in [-0.4, -0.2) is 54.3 Å². The van der Waals surface area contributed by atoms with Crippen LogP contribution in [0.1, 0.15) is 24.8 Å². The van der Waals surface area contributed by atoms with Crippen molar-refractivity contribution in [3.05, 3.63) is 35.6 Å². The summed E-state index contributed by atoms with van der Waals surface area (Å²) < 4.78 is 12.9. The van der Waals surface area contributed by atoms with E-state index in [-0.39, 0.29) is 11.6 Å². The number of rotatable bonds is 4. The molecule has 2 fully saturated rings. The Morgan fingerprint density at radius 3 is 2.76 bits per heavy atom. The molecule has 1 atom stereocenters.